The minimum Gasteiger partial charge on any atom is -0.381 e. The molecule has 1 unspecified atom stereocenters. The minimum absolute atomic E-state index is 0.0172. The molecule has 1 atom stereocenters. The number of likely N-dealkylation sites (tertiary alicyclic amines) is 1. The summed E-state index contributed by atoms with van der Waals surface area (Å²) >= 11 is 0. The van der Waals surface area contributed by atoms with Crippen LogP contribution in [-0.2, 0) is 27.3 Å². The first-order chi connectivity index (χ1) is 21.2. The van der Waals surface area contributed by atoms with Crippen LogP contribution in [0.25, 0.3) is 5.65 Å². The van der Waals surface area contributed by atoms with E-state index in [1.807, 2.05) is 31.3 Å². The molecule has 0 saturated carbocycles. The number of nitrogens with one attached hydrogen (secondary N) is 2. The number of carbonyl (C=O) groups excluding carboxylic acids is 2. The number of benzene rings is 1. The molecule has 1 amide bonds. The molecule has 2 fully saturated rings. The molecule has 2 aliphatic rings. The van der Waals surface area contributed by atoms with E-state index in [1.165, 1.54) is 6.07 Å². The van der Waals surface area contributed by atoms with Crippen LogP contribution in [-0.4, -0.2) is 94.1 Å². The van der Waals surface area contributed by atoms with Crippen LogP contribution in [0.2, 0.25) is 0 Å². The first-order valence-electron chi connectivity index (χ1n) is 15.4. The number of rotatable bonds is 12. The van der Waals surface area contributed by atoms with Crippen molar-refractivity contribution < 1.29 is 18.7 Å². The number of ether oxygens (including phenoxy) is 1. The fourth-order valence-corrected chi connectivity index (χ4v) is 5.58. The average molecular weight is 607 g/mol. The second-order valence-electron chi connectivity index (χ2n) is 12.2. The van der Waals surface area contributed by atoms with Crippen LogP contribution < -0.4 is 10.6 Å². The van der Waals surface area contributed by atoms with Crippen molar-refractivity contribution in [2.45, 2.75) is 58.0 Å². The first-order valence-corrected chi connectivity index (χ1v) is 15.4. The minimum atomic E-state index is -0.416. The van der Waals surface area contributed by atoms with Crippen LogP contribution in [0.4, 0.5) is 16.3 Å². The molecule has 0 aliphatic carbocycles. The maximum absolute atomic E-state index is 14.8. The van der Waals surface area contributed by atoms with Crippen LogP contribution in [0.15, 0.2) is 36.5 Å². The van der Waals surface area contributed by atoms with Gasteiger partial charge in [0.25, 0.3) is 0 Å². The topological polar surface area (TPSA) is 117 Å². The number of Topliss-reactive ketones (excluding diaryl/α,β-unsaturated/α-hetero) is 1. The van der Waals surface area contributed by atoms with Crippen LogP contribution in [0.1, 0.15) is 55.7 Å². The quantitative estimate of drug-likeness (QED) is 0.298. The van der Waals surface area contributed by atoms with Crippen LogP contribution in [0.3, 0.4) is 0 Å². The molecule has 44 heavy (non-hydrogen) atoms. The van der Waals surface area contributed by atoms with E-state index in [-0.39, 0.29) is 36.0 Å². The SMILES string of the molecule is CC(C)c1cnn2c(NCc3ccc(F)c(CC(=O)C4CCN(C(=O)/C=C/CN(C)C)C4)c3)nc(NC3CCOCC3)nc12. The van der Waals surface area contributed by atoms with Gasteiger partial charge in [-0.25, -0.2) is 4.39 Å². The van der Waals surface area contributed by atoms with Gasteiger partial charge in [0.1, 0.15) is 11.6 Å². The van der Waals surface area contributed by atoms with Crippen molar-refractivity contribution >= 4 is 29.2 Å². The summed E-state index contributed by atoms with van der Waals surface area (Å²) < 4.78 is 22.0. The van der Waals surface area contributed by atoms with Crippen LogP contribution in [0.5, 0.6) is 0 Å². The van der Waals surface area contributed by atoms with Gasteiger partial charge >= 0.3 is 0 Å². The molecule has 2 N–H and O–H groups in total. The molecule has 2 saturated heterocycles. The molecule has 5 rings (SSSR count). The maximum Gasteiger partial charge on any atom is 0.246 e. The predicted octanol–water partition coefficient (Wildman–Crippen LogP) is 3.67. The molecule has 0 bridgehead atoms. The Morgan fingerprint density at radius 3 is 2.73 bits per heavy atom. The maximum atomic E-state index is 14.8. The van der Waals surface area contributed by atoms with Gasteiger partial charge in [-0.15, -0.1) is 0 Å². The molecule has 0 radical (unpaired) electrons. The third-order valence-corrected chi connectivity index (χ3v) is 8.18. The molecule has 4 heterocycles. The van der Waals surface area contributed by atoms with Crippen LogP contribution >= 0.6 is 0 Å². The Kier molecular flexibility index (Phi) is 10.2. The number of hydrogen-bond acceptors (Lipinski definition) is 9. The predicted molar refractivity (Wildman–Crippen MR) is 167 cm³/mol. The number of ketones is 1. The highest BCUT2D eigenvalue weighted by Gasteiger charge is 2.30. The Bertz CT molecular complexity index is 1500. The smallest absolute Gasteiger partial charge is 0.246 e. The molecule has 12 heteroatoms. The zero-order valence-electron chi connectivity index (χ0n) is 26.1. The standard InChI is InChI=1S/C32H43FN8O3/c1-21(2)26-19-35-41-30(26)37-31(36-25-10-14-44-15-11-25)38-32(41)34-18-22-7-8-27(33)24(16-22)17-28(42)23-9-13-40(20-23)29(43)6-5-12-39(3)4/h5-8,16,19,21,23,25H,9-15,17-18,20H2,1-4H3,(H2,34,36,37,38)/b6-5+. The summed E-state index contributed by atoms with van der Waals surface area (Å²) in [6.07, 6.45) is 7.53. The summed E-state index contributed by atoms with van der Waals surface area (Å²) in [7, 11) is 3.87. The van der Waals surface area contributed by atoms with Gasteiger partial charge in [0.2, 0.25) is 17.8 Å². The van der Waals surface area contributed by atoms with Crippen molar-refractivity contribution in [3.8, 4) is 0 Å². The van der Waals surface area contributed by atoms with E-state index >= 15 is 0 Å². The van der Waals surface area contributed by atoms with Crippen molar-refractivity contribution in [1.82, 2.24) is 29.4 Å². The highest BCUT2D eigenvalue weighted by molar-refractivity contribution is 5.90. The zero-order chi connectivity index (χ0) is 31.2. The normalized spacial score (nSPS) is 17.8. The fraction of sp³-hybridized carbons (Fsp3) is 0.531. The van der Waals surface area contributed by atoms with Gasteiger partial charge in [-0.2, -0.15) is 19.6 Å². The monoisotopic (exact) mass is 606 g/mol. The van der Waals surface area contributed by atoms with E-state index in [0.717, 1.165) is 29.6 Å². The number of anilines is 2. The van der Waals surface area contributed by atoms with Crippen molar-refractivity contribution in [3.63, 3.8) is 0 Å². The van der Waals surface area contributed by atoms with Gasteiger partial charge in [0, 0.05) is 69.4 Å². The Balaban J connectivity index is 1.25. The first kappa shape index (κ1) is 31.5. The number of hydrogen-bond donors (Lipinski definition) is 2. The lowest BCUT2D eigenvalue weighted by atomic mass is 9.96. The number of nitrogens with zero attached hydrogens (tertiary/aromatic N) is 6. The van der Waals surface area contributed by atoms with E-state index in [4.69, 9.17) is 14.7 Å². The van der Waals surface area contributed by atoms with Crippen molar-refractivity contribution in [2.24, 2.45) is 5.92 Å². The van der Waals surface area contributed by atoms with E-state index in [0.29, 0.717) is 63.3 Å². The molecule has 2 aliphatic heterocycles. The van der Waals surface area contributed by atoms with Crippen molar-refractivity contribution in [2.75, 3.05) is 57.6 Å². The van der Waals surface area contributed by atoms with E-state index in [9.17, 15) is 14.0 Å². The third-order valence-electron chi connectivity index (χ3n) is 8.18. The number of halogens is 1. The molecule has 0 spiro atoms. The van der Waals surface area contributed by atoms with Gasteiger partial charge in [-0.05, 0) is 56.5 Å². The van der Waals surface area contributed by atoms with Gasteiger partial charge in [0.15, 0.2) is 5.65 Å². The molecule has 1 aromatic carbocycles. The molecule has 236 valence electrons. The molecule has 2 aromatic heterocycles. The van der Waals surface area contributed by atoms with Gasteiger partial charge in [-0.3, -0.25) is 9.59 Å². The number of fused-ring (bicyclic) bond motifs is 1. The average Bonchev–Trinajstić information content (AvgIpc) is 3.66. The highest BCUT2D eigenvalue weighted by Crippen LogP contribution is 2.24. The number of carbonyl (C=O) groups is 2. The second-order valence-corrected chi connectivity index (χ2v) is 12.2. The lowest BCUT2D eigenvalue weighted by molar-refractivity contribution is -0.125. The molecular formula is C32H43FN8O3. The highest BCUT2D eigenvalue weighted by atomic mass is 19.1. The summed E-state index contributed by atoms with van der Waals surface area (Å²) in [5, 5.41) is 11.4. The van der Waals surface area contributed by atoms with Crippen LogP contribution in [0, 0.1) is 11.7 Å². The summed E-state index contributed by atoms with van der Waals surface area (Å²) in [5.74, 6) is 0.414. The number of aromatic nitrogens is 4. The largest absolute Gasteiger partial charge is 0.381 e. The Morgan fingerprint density at radius 2 is 1.98 bits per heavy atom. The summed E-state index contributed by atoms with van der Waals surface area (Å²) in [6, 6.07) is 5.06. The Labute approximate surface area is 257 Å². The zero-order valence-corrected chi connectivity index (χ0v) is 26.1. The van der Waals surface area contributed by atoms with Crippen molar-refractivity contribution in [1.29, 1.82) is 0 Å². The van der Waals surface area contributed by atoms with Gasteiger partial charge in [-0.1, -0.05) is 32.1 Å². The molecule has 11 nitrogen and oxygen atoms in total. The molecule has 3 aromatic rings. The fourth-order valence-electron chi connectivity index (χ4n) is 5.58. The lowest BCUT2D eigenvalue weighted by Gasteiger charge is -2.23. The van der Waals surface area contributed by atoms with E-state index < -0.39 is 5.82 Å². The number of amides is 1. The van der Waals surface area contributed by atoms with Gasteiger partial charge in [0.05, 0.1) is 6.20 Å². The molecular weight excluding hydrogens is 563 g/mol. The summed E-state index contributed by atoms with van der Waals surface area (Å²) in [4.78, 5) is 38.8. The number of likely N-dealkylation sites (N-methyl/N-ethyl adjacent to an activating group) is 1. The second kappa shape index (κ2) is 14.3. The van der Waals surface area contributed by atoms with Crippen molar-refractivity contribution in [3.05, 3.63) is 59.1 Å². The Morgan fingerprint density at radius 1 is 1.18 bits per heavy atom. The summed E-state index contributed by atoms with van der Waals surface area (Å²) in [5.41, 5.74) is 2.91. The van der Waals surface area contributed by atoms with Gasteiger partial charge < -0.3 is 25.2 Å². The lowest BCUT2D eigenvalue weighted by Crippen LogP contribution is -2.29. The Hall–Kier alpha value is -3.90. The summed E-state index contributed by atoms with van der Waals surface area (Å²) in [6.45, 7) is 7.52. The van der Waals surface area contributed by atoms with E-state index in [2.05, 4.69) is 29.6 Å². The third kappa shape index (κ3) is 7.78. The van der Waals surface area contributed by atoms with E-state index in [1.54, 1.807) is 27.6 Å².